The maximum Gasteiger partial charge on any atom is 0.150 e. The monoisotopic (exact) mass is 348 g/mol. The van der Waals surface area contributed by atoms with Crippen molar-refractivity contribution in [3.63, 3.8) is 0 Å². The van der Waals surface area contributed by atoms with Crippen LogP contribution < -0.4 is 14.4 Å². The highest BCUT2D eigenvalue weighted by Gasteiger charge is 2.20. The average Bonchev–Trinajstić information content (AvgIpc) is 2.70. The van der Waals surface area contributed by atoms with Crippen molar-refractivity contribution in [2.75, 3.05) is 19.1 Å². The van der Waals surface area contributed by atoms with Crippen molar-refractivity contribution in [3.05, 3.63) is 65.5 Å². The lowest BCUT2D eigenvalue weighted by Crippen LogP contribution is -2.18. The number of hydrogen-bond donors (Lipinski definition) is 1. The second-order valence-electron chi connectivity index (χ2n) is 6.16. The Labute approximate surface area is 152 Å². The second kappa shape index (κ2) is 6.69. The Morgan fingerprint density at radius 2 is 1.88 bits per heavy atom. The number of aliphatic hydroxyl groups excluding tert-OH is 1. The van der Waals surface area contributed by atoms with E-state index < -0.39 is 0 Å². The van der Waals surface area contributed by atoms with Crippen molar-refractivity contribution in [3.8, 4) is 11.5 Å². The first kappa shape index (κ1) is 16.4. The van der Waals surface area contributed by atoms with Crippen LogP contribution in [0.25, 0.3) is 17.0 Å². The minimum Gasteiger partial charge on any atom is -0.497 e. The summed E-state index contributed by atoms with van der Waals surface area (Å²) in [4.78, 5) is 6.71. The first-order valence-corrected chi connectivity index (χ1v) is 8.42. The fourth-order valence-electron chi connectivity index (χ4n) is 3.42. The summed E-state index contributed by atoms with van der Waals surface area (Å²) >= 11 is 0. The van der Waals surface area contributed by atoms with Gasteiger partial charge in [0.15, 0.2) is 5.75 Å². The number of nitrogens with zero attached hydrogens (tertiary/aromatic N) is 2. The zero-order valence-corrected chi connectivity index (χ0v) is 14.8. The average molecular weight is 348 g/mol. The van der Waals surface area contributed by atoms with Crippen molar-refractivity contribution in [1.82, 2.24) is 4.98 Å². The highest BCUT2D eigenvalue weighted by Crippen LogP contribution is 2.40. The molecule has 2 heterocycles. The molecule has 1 aliphatic heterocycles. The minimum absolute atomic E-state index is 0.0819. The highest BCUT2D eigenvalue weighted by atomic mass is 16.5. The molecule has 4 rings (SSSR count). The summed E-state index contributed by atoms with van der Waals surface area (Å²) < 4.78 is 10.8. The molecule has 0 fully saturated rings. The number of pyridine rings is 1. The van der Waals surface area contributed by atoms with Crippen molar-refractivity contribution < 1.29 is 14.6 Å². The van der Waals surface area contributed by atoms with Gasteiger partial charge in [0.25, 0.3) is 0 Å². The summed E-state index contributed by atoms with van der Waals surface area (Å²) in [5.74, 6) is 1.48. The molecule has 5 nitrogen and oxygen atoms in total. The van der Waals surface area contributed by atoms with E-state index in [1.54, 1.807) is 20.4 Å². The highest BCUT2D eigenvalue weighted by molar-refractivity contribution is 6.04. The van der Waals surface area contributed by atoms with E-state index in [1.807, 2.05) is 24.3 Å². The zero-order chi connectivity index (χ0) is 18.1. The van der Waals surface area contributed by atoms with Crippen molar-refractivity contribution in [1.29, 1.82) is 0 Å². The first-order valence-electron chi connectivity index (χ1n) is 8.42. The van der Waals surface area contributed by atoms with Crippen LogP contribution in [0.3, 0.4) is 0 Å². The summed E-state index contributed by atoms with van der Waals surface area (Å²) in [6.45, 7) is 0.657. The molecule has 0 bridgehead atoms. The number of hydrogen-bond acceptors (Lipinski definition) is 5. The molecule has 0 aliphatic carbocycles. The molecule has 26 heavy (non-hydrogen) atoms. The Morgan fingerprint density at radius 1 is 1.08 bits per heavy atom. The molecule has 1 aliphatic rings. The van der Waals surface area contributed by atoms with Gasteiger partial charge in [0.1, 0.15) is 11.3 Å². The summed E-state index contributed by atoms with van der Waals surface area (Å²) in [7, 11) is 3.28. The van der Waals surface area contributed by atoms with Gasteiger partial charge in [0.05, 0.1) is 26.5 Å². The third-order valence-corrected chi connectivity index (χ3v) is 4.68. The van der Waals surface area contributed by atoms with Crippen molar-refractivity contribution in [2.24, 2.45) is 0 Å². The van der Waals surface area contributed by atoms with E-state index in [2.05, 4.69) is 34.3 Å². The standard InChI is InChI=1S/C21H20N2O3/c1-25-17-5-3-14(4-6-17)12-23-10-8-15-11-16(13-24)21(26-2)20-19(15)18(23)7-9-22-20/h3-11,24H,12-13H2,1-2H3. The summed E-state index contributed by atoms with van der Waals surface area (Å²) in [6.07, 6.45) is 5.90. The van der Waals surface area contributed by atoms with Crippen LogP contribution in [0.1, 0.15) is 16.7 Å². The van der Waals surface area contributed by atoms with Crippen LogP contribution in [0.4, 0.5) is 5.69 Å². The molecule has 0 radical (unpaired) electrons. The molecule has 0 atom stereocenters. The van der Waals surface area contributed by atoms with Crippen molar-refractivity contribution >= 4 is 22.7 Å². The predicted molar refractivity (Wildman–Crippen MR) is 102 cm³/mol. The van der Waals surface area contributed by atoms with Crippen molar-refractivity contribution in [2.45, 2.75) is 13.2 Å². The summed E-state index contributed by atoms with van der Waals surface area (Å²) in [5.41, 5.74) is 4.82. The fourth-order valence-corrected chi connectivity index (χ4v) is 3.42. The van der Waals surface area contributed by atoms with E-state index in [1.165, 1.54) is 5.56 Å². The topological polar surface area (TPSA) is 54.8 Å². The van der Waals surface area contributed by atoms with Crippen LogP contribution in [0.15, 0.2) is 48.8 Å². The number of anilines is 1. The van der Waals surface area contributed by atoms with Crippen LogP contribution in [0.2, 0.25) is 0 Å². The van der Waals surface area contributed by atoms with E-state index in [9.17, 15) is 5.11 Å². The van der Waals surface area contributed by atoms with Crippen LogP contribution in [0, 0.1) is 0 Å². The third kappa shape index (κ3) is 2.66. The van der Waals surface area contributed by atoms with E-state index in [0.717, 1.165) is 40.0 Å². The first-order chi connectivity index (χ1) is 12.7. The van der Waals surface area contributed by atoms with Crippen LogP contribution >= 0.6 is 0 Å². The Morgan fingerprint density at radius 3 is 2.58 bits per heavy atom. The molecule has 0 amide bonds. The molecular weight excluding hydrogens is 328 g/mol. The van der Waals surface area contributed by atoms with Gasteiger partial charge in [0.2, 0.25) is 0 Å². The Kier molecular flexibility index (Phi) is 4.22. The number of rotatable bonds is 5. The number of ether oxygens (including phenoxy) is 2. The SMILES string of the molecule is COc1ccc(CN2C=Cc3cc(CO)c(OC)c4nccc2c34)cc1. The summed E-state index contributed by atoms with van der Waals surface area (Å²) in [6, 6.07) is 12.0. The van der Waals surface area contributed by atoms with Gasteiger partial charge in [-0.1, -0.05) is 12.1 Å². The quantitative estimate of drug-likeness (QED) is 0.761. The molecule has 3 aromatic rings. The van der Waals surface area contributed by atoms with E-state index in [4.69, 9.17) is 9.47 Å². The molecule has 5 heteroatoms. The lowest BCUT2D eigenvalue weighted by atomic mass is 9.98. The second-order valence-corrected chi connectivity index (χ2v) is 6.16. The Hall–Kier alpha value is -3.05. The molecule has 0 spiro atoms. The minimum atomic E-state index is -0.0819. The molecule has 132 valence electrons. The van der Waals surface area contributed by atoms with Gasteiger partial charge in [-0.25, -0.2) is 0 Å². The maximum atomic E-state index is 9.65. The molecule has 0 saturated carbocycles. The predicted octanol–water partition coefficient (Wildman–Crippen LogP) is 3.74. The number of aromatic nitrogens is 1. The lowest BCUT2D eigenvalue weighted by molar-refractivity contribution is 0.274. The van der Waals surface area contributed by atoms with Gasteiger partial charge in [-0.15, -0.1) is 0 Å². The maximum absolute atomic E-state index is 9.65. The molecule has 2 aromatic carbocycles. The molecule has 1 aromatic heterocycles. The van der Waals surface area contributed by atoms with E-state index in [0.29, 0.717) is 5.75 Å². The van der Waals surface area contributed by atoms with Gasteiger partial charge in [-0.05, 0) is 41.5 Å². The smallest absolute Gasteiger partial charge is 0.150 e. The number of benzene rings is 2. The lowest BCUT2D eigenvalue weighted by Gasteiger charge is -2.27. The Bertz CT molecular complexity index is 981. The molecular formula is C21H20N2O3. The van der Waals surface area contributed by atoms with E-state index >= 15 is 0 Å². The van der Waals surface area contributed by atoms with Gasteiger partial charge < -0.3 is 19.5 Å². The molecule has 1 N–H and O–H groups in total. The molecule has 0 unspecified atom stereocenters. The summed E-state index contributed by atoms with van der Waals surface area (Å²) in [5, 5.41) is 10.7. The third-order valence-electron chi connectivity index (χ3n) is 4.68. The number of methoxy groups -OCH3 is 2. The van der Waals surface area contributed by atoms with Gasteiger partial charge in [0, 0.05) is 29.9 Å². The zero-order valence-electron chi connectivity index (χ0n) is 14.8. The Balaban J connectivity index is 1.78. The van der Waals surface area contributed by atoms with Crippen LogP contribution in [0.5, 0.6) is 11.5 Å². The van der Waals surface area contributed by atoms with Gasteiger partial charge in [-0.3, -0.25) is 4.98 Å². The normalized spacial score (nSPS) is 12.5. The largest absolute Gasteiger partial charge is 0.497 e. The van der Waals surface area contributed by atoms with Gasteiger partial charge >= 0.3 is 0 Å². The number of aliphatic hydroxyl groups is 1. The van der Waals surface area contributed by atoms with Crippen LogP contribution in [-0.2, 0) is 13.2 Å². The van der Waals surface area contributed by atoms with Gasteiger partial charge in [-0.2, -0.15) is 0 Å². The molecule has 0 saturated heterocycles. The van der Waals surface area contributed by atoms with Crippen LogP contribution in [-0.4, -0.2) is 24.3 Å². The van der Waals surface area contributed by atoms with E-state index in [-0.39, 0.29) is 6.61 Å². The fraction of sp³-hybridized carbons (Fsp3) is 0.190.